The van der Waals surface area contributed by atoms with Crippen molar-refractivity contribution in [2.75, 3.05) is 6.61 Å². The number of esters is 1. The molecule has 1 aliphatic carbocycles. The van der Waals surface area contributed by atoms with Gasteiger partial charge in [0.2, 0.25) is 0 Å². The Hall–Kier alpha value is -1.32. The third kappa shape index (κ3) is 3.06. The van der Waals surface area contributed by atoms with Gasteiger partial charge in [-0.25, -0.2) is 0 Å². The van der Waals surface area contributed by atoms with Crippen LogP contribution < -0.4 is 0 Å². The molecule has 1 fully saturated rings. The van der Waals surface area contributed by atoms with Crippen LogP contribution in [-0.2, 0) is 16.0 Å². The number of carbonyl (C=O) groups is 1. The maximum absolute atomic E-state index is 12.7. The molecule has 1 N–H and O–H groups in total. The lowest BCUT2D eigenvalue weighted by Crippen LogP contribution is -2.51. The van der Waals surface area contributed by atoms with E-state index in [1.165, 1.54) is 0 Å². The smallest absolute Gasteiger partial charge is 0.315 e. The van der Waals surface area contributed by atoms with Crippen molar-refractivity contribution in [2.45, 2.75) is 44.6 Å². The molecule has 3 nitrogen and oxygen atoms in total. The van der Waals surface area contributed by atoms with Gasteiger partial charge in [-0.15, -0.1) is 6.58 Å². The number of carbonyl (C=O) groups excluding carboxylic acids is 1. The Morgan fingerprint density at radius 2 is 2.09 bits per heavy atom. The monoisotopic (exact) mass is 322 g/mol. The molecular formula is C18H23ClO3. The fourth-order valence-electron chi connectivity index (χ4n) is 3.53. The summed E-state index contributed by atoms with van der Waals surface area (Å²) in [5.74, 6) is -0.313. The lowest BCUT2D eigenvalue weighted by atomic mass is 9.68. The minimum absolute atomic E-state index is 0.311. The largest absolute Gasteiger partial charge is 0.465 e. The van der Waals surface area contributed by atoms with E-state index in [4.69, 9.17) is 16.3 Å². The minimum atomic E-state index is -1.10. The summed E-state index contributed by atoms with van der Waals surface area (Å²) >= 11 is 5.93. The molecule has 2 atom stereocenters. The lowest BCUT2D eigenvalue weighted by Gasteiger charge is -2.40. The molecule has 0 aliphatic heterocycles. The molecule has 4 heteroatoms. The Kier molecular flexibility index (Phi) is 5.30. The fourth-order valence-corrected chi connectivity index (χ4v) is 3.65. The van der Waals surface area contributed by atoms with E-state index in [-0.39, 0.29) is 5.97 Å². The van der Waals surface area contributed by atoms with Gasteiger partial charge in [0.05, 0.1) is 12.2 Å². The topological polar surface area (TPSA) is 46.5 Å². The van der Waals surface area contributed by atoms with Crippen LogP contribution in [0, 0.1) is 5.41 Å². The molecule has 0 saturated heterocycles. The summed E-state index contributed by atoms with van der Waals surface area (Å²) in [6, 6.07) is 7.40. The predicted octanol–water partition coefficient (Wildman–Crippen LogP) is 3.92. The van der Waals surface area contributed by atoms with Crippen molar-refractivity contribution in [3.8, 4) is 0 Å². The summed E-state index contributed by atoms with van der Waals surface area (Å²) in [5.41, 5.74) is -1.03. The van der Waals surface area contributed by atoms with E-state index in [2.05, 4.69) is 6.58 Å². The second kappa shape index (κ2) is 6.84. The van der Waals surface area contributed by atoms with Crippen LogP contribution in [0.1, 0.15) is 38.2 Å². The molecule has 120 valence electrons. The normalized spacial score (nSPS) is 27.6. The van der Waals surface area contributed by atoms with Crippen molar-refractivity contribution in [3.05, 3.63) is 47.5 Å². The van der Waals surface area contributed by atoms with Gasteiger partial charge in [-0.05, 0) is 56.7 Å². The van der Waals surface area contributed by atoms with Crippen molar-refractivity contribution in [2.24, 2.45) is 5.41 Å². The van der Waals surface area contributed by atoms with E-state index in [0.717, 1.165) is 12.0 Å². The van der Waals surface area contributed by atoms with Crippen molar-refractivity contribution < 1.29 is 14.6 Å². The zero-order valence-corrected chi connectivity index (χ0v) is 13.7. The molecule has 1 aromatic rings. The quantitative estimate of drug-likeness (QED) is 0.637. The van der Waals surface area contributed by atoms with Gasteiger partial charge in [0.15, 0.2) is 0 Å². The first kappa shape index (κ1) is 17.0. The van der Waals surface area contributed by atoms with E-state index in [9.17, 15) is 9.90 Å². The third-order valence-electron chi connectivity index (χ3n) is 4.65. The van der Waals surface area contributed by atoms with Gasteiger partial charge in [-0.2, -0.15) is 0 Å². The number of hydrogen-bond acceptors (Lipinski definition) is 3. The summed E-state index contributed by atoms with van der Waals surface area (Å²) in [5, 5.41) is 11.8. The Labute approximate surface area is 136 Å². The molecule has 2 rings (SSSR count). The second-order valence-electron chi connectivity index (χ2n) is 5.98. The molecule has 1 aliphatic rings. The number of aliphatic hydroxyl groups is 1. The predicted molar refractivity (Wildman–Crippen MR) is 87.8 cm³/mol. The van der Waals surface area contributed by atoms with Gasteiger partial charge in [0.25, 0.3) is 0 Å². The van der Waals surface area contributed by atoms with Crippen molar-refractivity contribution in [1.29, 1.82) is 0 Å². The van der Waals surface area contributed by atoms with Gasteiger partial charge in [-0.3, -0.25) is 4.79 Å². The van der Waals surface area contributed by atoms with E-state index in [1.807, 2.05) is 12.1 Å². The molecular weight excluding hydrogens is 300 g/mol. The molecule has 22 heavy (non-hydrogen) atoms. The average Bonchev–Trinajstić information content (AvgIpc) is 2.80. The van der Waals surface area contributed by atoms with Crippen LogP contribution in [-0.4, -0.2) is 23.3 Å². The van der Waals surface area contributed by atoms with Crippen LogP contribution in [0.25, 0.3) is 0 Å². The molecule has 0 radical (unpaired) electrons. The highest BCUT2D eigenvalue weighted by Crippen LogP contribution is 2.51. The first-order chi connectivity index (χ1) is 10.5. The number of benzene rings is 1. The molecule has 1 saturated carbocycles. The van der Waals surface area contributed by atoms with Crippen LogP contribution in [0.2, 0.25) is 5.02 Å². The highest BCUT2D eigenvalue weighted by Gasteiger charge is 2.58. The zero-order chi connectivity index (χ0) is 16.2. The summed E-state index contributed by atoms with van der Waals surface area (Å²) in [4.78, 5) is 12.7. The minimum Gasteiger partial charge on any atom is -0.465 e. The zero-order valence-electron chi connectivity index (χ0n) is 13.0. The summed E-state index contributed by atoms with van der Waals surface area (Å²) in [7, 11) is 0. The highest BCUT2D eigenvalue weighted by atomic mass is 35.5. The maximum Gasteiger partial charge on any atom is 0.315 e. The van der Waals surface area contributed by atoms with E-state index < -0.39 is 11.0 Å². The highest BCUT2D eigenvalue weighted by molar-refractivity contribution is 6.30. The van der Waals surface area contributed by atoms with Crippen LogP contribution in [0.5, 0.6) is 0 Å². The standard InChI is InChI=1S/C18H23ClO3/c1-3-10-18(21)12-5-11-17(18,16(20)22-4-2)13-14-6-8-15(19)9-7-14/h3,6-9,21H,1,4-5,10-13H2,2H3/t17-,18+/m1/s1. The molecule has 1 aromatic carbocycles. The molecule has 0 spiro atoms. The molecule has 0 heterocycles. The first-order valence-corrected chi connectivity index (χ1v) is 8.10. The Bertz CT molecular complexity index is 540. The van der Waals surface area contributed by atoms with Gasteiger partial charge >= 0.3 is 5.97 Å². The van der Waals surface area contributed by atoms with E-state index >= 15 is 0 Å². The summed E-state index contributed by atoms with van der Waals surface area (Å²) in [6.45, 7) is 5.83. The van der Waals surface area contributed by atoms with Gasteiger partial charge in [0, 0.05) is 5.02 Å². The SMILES string of the molecule is C=CC[C@]1(O)CCC[C@@]1(Cc1ccc(Cl)cc1)C(=O)OCC. The van der Waals surface area contributed by atoms with Crippen LogP contribution in [0.15, 0.2) is 36.9 Å². The second-order valence-corrected chi connectivity index (χ2v) is 6.42. The maximum atomic E-state index is 12.7. The third-order valence-corrected chi connectivity index (χ3v) is 4.90. The average molecular weight is 323 g/mol. The van der Waals surface area contributed by atoms with Crippen LogP contribution in [0.3, 0.4) is 0 Å². The van der Waals surface area contributed by atoms with Gasteiger partial charge in [0.1, 0.15) is 5.41 Å². The Morgan fingerprint density at radius 1 is 1.41 bits per heavy atom. The first-order valence-electron chi connectivity index (χ1n) is 7.72. The fraction of sp³-hybridized carbons (Fsp3) is 0.500. The summed E-state index contributed by atoms with van der Waals surface area (Å²) < 4.78 is 5.31. The Balaban J connectivity index is 2.39. The van der Waals surface area contributed by atoms with E-state index in [1.54, 1.807) is 25.1 Å². The van der Waals surface area contributed by atoms with E-state index in [0.29, 0.717) is 37.3 Å². The van der Waals surface area contributed by atoms with Crippen molar-refractivity contribution in [1.82, 2.24) is 0 Å². The van der Waals surface area contributed by atoms with Crippen LogP contribution in [0.4, 0.5) is 0 Å². The molecule has 0 aromatic heterocycles. The Morgan fingerprint density at radius 3 is 2.68 bits per heavy atom. The summed E-state index contributed by atoms with van der Waals surface area (Å²) in [6.07, 6.45) is 4.54. The lowest BCUT2D eigenvalue weighted by molar-refractivity contribution is -0.171. The van der Waals surface area contributed by atoms with Crippen molar-refractivity contribution in [3.63, 3.8) is 0 Å². The molecule has 0 amide bonds. The number of ether oxygens (including phenoxy) is 1. The van der Waals surface area contributed by atoms with Gasteiger partial charge < -0.3 is 9.84 Å². The van der Waals surface area contributed by atoms with Crippen molar-refractivity contribution >= 4 is 17.6 Å². The number of hydrogen-bond donors (Lipinski definition) is 1. The number of rotatable bonds is 6. The molecule has 0 bridgehead atoms. The van der Waals surface area contributed by atoms with Gasteiger partial charge in [-0.1, -0.05) is 29.8 Å². The number of halogens is 1. The van der Waals surface area contributed by atoms with Crippen LogP contribution >= 0.6 is 11.6 Å². The molecule has 0 unspecified atom stereocenters.